The maximum Gasteiger partial charge on any atom is 0.254 e. The van der Waals surface area contributed by atoms with Gasteiger partial charge in [-0.1, -0.05) is 31.0 Å². The molecule has 0 aliphatic rings. The van der Waals surface area contributed by atoms with Gasteiger partial charge in [0.15, 0.2) is 0 Å². The zero-order chi connectivity index (χ0) is 15.2. The van der Waals surface area contributed by atoms with Crippen LogP contribution in [0.15, 0.2) is 36.7 Å². The summed E-state index contributed by atoms with van der Waals surface area (Å²) in [6, 6.07) is 7.23. The number of hydrogen-bond acceptors (Lipinski definition) is 3. The van der Waals surface area contributed by atoms with Gasteiger partial charge in [-0.25, -0.2) is 4.98 Å². The van der Waals surface area contributed by atoms with Crippen molar-refractivity contribution in [3.05, 3.63) is 58.6 Å². The fourth-order valence-corrected chi connectivity index (χ4v) is 2.34. The van der Waals surface area contributed by atoms with Crippen molar-refractivity contribution < 1.29 is 4.79 Å². The van der Waals surface area contributed by atoms with Crippen LogP contribution in [0.3, 0.4) is 0 Å². The molecule has 21 heavy (non-hydrogen) atoms. The third kappa shape index (κ3) is 4.26. The summed E-state index contributed by atoms with van der Waals surface area (Å²) in [5.41, 5.74) is 2.41. The van der Waals surface area contributed by atoms with E-state index in [1.165, 1.54) is 0 Å². The summed E-state index contributed by atoms with van der Waals surface area (Å²) in [5.74, 6) is -0.0690. The number of amides is 1. The molecule has 0 saturated heterocycles. The topological polar surface area (TPSA) is 46.1 Å². The lowest BCUT2D eigenvalue weighted by molar-refractivity contribution is 0.0784. The molecule has 2 aromatic heterocycles. The summed E-state index contributed by atoms with van der Waals surface area (Å²) in [5, 5.41) is 0.360. The molecular formula is C16H18ClN3O. The molecule has 110 valence electrons. The third-order valence-electron chi connectivity index (χ3n) is 3.09. The normalized spacial score (nSPS) is 10.4. The lowest BCUT2D eigenvalue weighted by Gasteiger charge is -2.17. The van der Waals surface area contributed by atoms with Gasteiger partial charge in [0, 0.05) is 37.2 Å². The number of nitrogens with zero attached hydrogens (tertiary/aromatic N) is 3. The van der Waals surface area contributed by atoms with E-state index in [1.54, 1.807) is 30.4 Å². The molecule has 0 N–H and O–H groups in total. The minimum absolute atomic E-state index is 0.0690. The molecule has 2 aromatic rings. The second-order valence-electron chi connectivity index (χ2n) is 4.94. The molecular weight excluding hydrogens is 286 g/mol. The summed E-state index contributed by atoms with van der Waals surface area (Å²) in [7, 11) is 1.77. The van der Waals surface area contributed by atoms with Crippen LogP contribution in [0.5, 0.6) is 0 Å². The molecule has 0 bridgehead atoms. The molecule has 0 fully saturated rings. The van der Waals surface area contributed by atoms with Crippen molar-refractivity contribution >= 4 is 17.5 Å². The fourth-order valence-electron chi connectivity index (χ4n) is 2.12. The van der Waals surface area contributed by atoms with Crippen LogP contribution in [0.25, 0.3) is 0 Å². The van der Waals surface area contributed by atoms with Gasteiger partial charge in [-0.05, 0) is 30.2 Å². The van der Waals surface area contributed by atoms with Crippen LogP contribution in [-0.2, 0) is 13.0 Å². The summed E-state index contributed by atoms with van der Waals surface area (Å²) in [6.07, 6.45) is 5.25. The van der Waals surface area contributed by atoms with Crippen molar-refractivity contribution in [3.63, 3.8) is 0 Å². The van der Waals surface area contributed by atoms with Crippen LogP contribution in [0.1, 0.15) is 35.0 Å². The van der Waals surface area contributed by atoms with E-state index >= 15 is 0 Å². The number of hydrogen-bond donors (Lipinski definition) is 0. The zero-order valence-electron chi connectivity index (χ0n) is 12.2. The van der Waals surface area contributed by atoms with E-state index in [9.17, 15) is 4.79 Å². The van der Waals surface area contributed by atoms with Crippen molar-refractivity contribution in [3.8, 4) is 0 Å². The highest BCUT2D eigenvalue weighted by Gasteiger charge is 2.14. The molecule has 2 heterocycles. The molecule has 1 amide bonds. The summed E-state index contributed by atoms with van der Waals surface area (Å²) in [4.78, 5) is 22.4. The van der Waals surface area contributed by atoms with Crippen molar-refractivity contribution in [2.75, 3.05) is 7.05 Å². The summed E-state index contributed by atoms with van der Waals surface area (Å²) < 4.78 is 0. The number of carbonyl (C=O) groups is 1. The molecule has 0 aromatic carbocycles. The highest BCUT2D eigenvalue weighted by Crippen LogP contribution is 2.15. The van der Waals surface area contributed by atoms with Gasteiger partial charge >= 0.3 is 0 Å². The van der Waals surface area contributed by atoms with E-state index in [4.69, 9.17) is 11.6 Å². The standard InChI is InChI=1S/C16H18ClN3O/c1-3-5-14-8-13(9-15(17)19-14)16(21)20(2)11-12-6-4-7-18-10-12/h4,6-10H,3,5,11H2,1-2H3. The average Bonchev–Trinajstić information content (AvgIpc) is 2.47. The van der Waals surface area contributed by atoms with Crippen molar-refractivity contribution in [2.45, 2.75) is 26.3 Å². The fraction of sp³-hybridized carbons (Fsp3) is 0.312. The van der Waals surface area contributed by atoms with E-state index in [1.807, 2.05) is 18.2 Å². The number of carbonyl (C=O) groups excluding carboxylic acids is 1. The molecule has 5 heteroatoms. The van der Waals surface area contributed by atoms with E-state index in [2.05, 4.69) is 16.9 Å². The van der Waals surface area contributed by atoms with Crippen LogP contribution in [0, 0.1) is 0 Å². The van der Waals surface area contributed by atoms with Crippen molar-refractivity contribution in [2.24, 2.45) is 0 Å². The minimum atomic E-state index is -0.0690. The lowest BCUT2D eigenvalue weighted by Crippen LogP contribution is -2.26. The Morgan fingerprint density at radius 1 is 1.38 bits per heavy atom. The second kappa shape index (κ2) is 7.18. The number of halogens is 1. The monoisotopic (exact) mass is 303 g/mol. The Bertz CT molecular complexity index is 616. The number of aryl methyl sites for hydroxylation is 1. The van der Waals surface area contributed by atoms with E-state index in [-0.39, 0.29) is 5.91 Å². The Morgan fingerprint density at radius 2 is 2.19 bits per heavy atom. The van der Waals surface area contributed by atoms with Gasteiger partial charge in [-0.15, -0.1) is 0 Å². The van der Waals surface area contributed by atoms with Crippen LogP contribution in [0.4, 0.5) is 0 Å². The first-order chi connectivity index (χ1) is 10.1. The van der Waals surface area contributed by atoms with Gasteiger partial charge in [0.1, 0.15) is 5.15 Å². The molecule has 0 spiro atoms. The third-order valence-corrected chi connectivity index (χ3v) is 3.28. The van der Waals surface area contributed by atoms with Crippen molar-refractivity contribution in [1.82, 2.24) is 14.9 Å². The Balaban J connectivity index is 2.15. The highest BCUT2D eigenvalue weighted by atomic mass is 35.5. The molecule has 0 aliphatic heterocycles. The number of rotatable bonds is 5. The SMILES string of the molecule is CCCc1cc(C(=O)N(C)Cc2cccnc2)cc(Cl)n1. The highest BCUT2D eigenvalue weighted by molar-refractivity contribution is 6.29. The molecule has 0 aliphatic carbocycles. The van der Waals surface area contributed by atoms with Crippen LogP contribution in [0.2, 0.25) is 5.15 Å². The first-order valence-electron chi connectivity index (χ1n) is 6.91. The smallest absolute Gasteiger partial charge is 0.254 e. The Hall–Kier alpha value is -1.94. The van der Waals surface area contributed by atoms with Gasteiger partial charge in [-0.3, -0.25) is 9.78 Å². The molecule has 2 rings (SSSR count). The van der Waals surface area contributed by atoms with Crippen LogP contribution >= 0.6 is 11.6 Å². The average molecular weight is 304 g/mol. The first kappa shape index (κ1) is 15.4. The van der Waals surface area contributed by atoms with Crippen molar-refractivity contribution in [1.29, 1.82) is 0 Å². The second-order valence-corrected chi connectivity index (χ2v) is 5.33. The molecule has 0 radical (unpaired) electrons. The van der Waals surface area contributed by atoms with E-state index < -0.39 is 0 Å². The largest absolute Gasteiger partial charge is 0.337 e. The molecule has 0 unspecified atom stereocenters. The van der Waals surface area contributed by atoms with Gasteiger partial charge in [-0.2, -0.15) is 0 Å². The van der Waals surface area contributed by atoms with Gasteiger partial charge < -0.3 is 4.90 Å². The number of pyridine rings is 2. The Labute approximate surface area is 129 Å². The molecule has 4 nitrogen and oxygen atoms in total. The minimum Gasteiger partial charge on any atom is -0.337 e. The predicted molar refractivity (Wildman–Crippen MR) is 83.3 cm³/mol. The van der Waals surface area contributed by atoms with Gasteiger partial charge in [0.2, 0.25) is 0 Å². The molecule has 0 atom stereocenters. The van der Waals surface area contributed by atoms with Gasteiger partial charge in [0.05, 0.1) is 0 Å². The quantitative estimate of drug-likeness (QED) is 0.796. The van der Waals surface area contributed by atoms with Crippen LogP contribution < -0.4 is 0 Å². The van der Waals surface area contributed by atoms with Gasteiger partial charge in [0.25, 0.3) is 5.91 Å². The lowest BCUT2D eigenvalue weighted by atomic mass is 10.1. The van der Waals surface area contributed by atoms with E-state index in [0.717, 1.165) is 24.1 Å². The Kier molecular flexibility index (Phi) is 5.28. The summed E-state index contributed by atoms with van der Waals surface area (Å²) >= 11 is 6.00. The maximum absolute atomic E-state index is 12.5. The molecule has 0 saturated carbocycles. The van der Waals surface area contributed by atoms with Crippen LogP contribution in [-0.4, -0.2) is 27.8 Å². The predicted octanol–water partition coefficient (Wildman–Crippen LogP) is 3.35. The summed E-state index contributed by atoms with van der Waals surface area (Å²) in [6.45, 7) is 2.58. The van der Waals surface area contributed by atoms with E-state index in [0.29, 0.717) is 17.3 Å². The number of aromatic nitrogens is 2. The Morgan fingerprint density at radius 3 is 2.86 bits per heavy atom. The zero-order valence-corrected chi connectivity index (χ0v) is 13.0. The first-order valence-corrected chi connectivity index (χ1v) is 7.28. The maximum atomic E-state index is 12.5.